The van der Waals surface area contributed by atoms with Crippen LogP contribution in [0, 0.1) is 0 Å². The molecule has 0 spiro atoms. The molecular formula is C10H17NS. The summed E-state index contributed by atoms with van der Waals surface area (Å²) in [6, 6.07) is 4.63. The van der Waals surface area contributed by atoms with Gasteiger partial charge in [0.25, 0.3) is 0 Å². The minimum absolute atomic E-state index is 0.251. The van der Waals surface area contributed by atoms with Crippen LogP contribution in [0.4, 0.5) is 0 Å². The molecule has 12 heavy (non-hydrogen) atoms. The van der Waals surface area contributed by atoms with E-state index in [1.165, 1.54) is 22.6 Å². The van der Waals surface area contributed by atoms with Gasteiger partial charge < -0.3 is 5.73 Å². The van der Waals surface area contributed by atoms with Gasteiger partial charge in [-0.05, 0) is 25.0 Å². The first-order valence-corrected chi connectivity index (χ1v) is 5.43. The third kappa shape index (κ3) is 2.32. The van der Waals surface area contributed by atoms with Crippen molar-refractivity contribution >= 4 is 11.3 Å². The molecule has 0 bridgehead atoms. The summed E-state index contributed by atoms with van der Waals surface area (Å²) < 4.78 is 0. The van der Waals surface area contributed by atoms with Gasteiger partial charge in [0.1, 0.15) is 0 Å². The zero-order valence-electron chi connectivity index (χ0n) is 7.84. The standard InChI is InChI=1S/C10H17NS/c1-3-5-8-6-7-10(12-8)9(11)4-2/h6-7,9H,3-5,11H2,1-2H3/t9-/m1/s1. The van der Waals surface area contributed by atoms with E-state index in [1.54, 1.807) is 0 Å². The number of hydrogen-bond donors (Lipinski definition) is 1. The van der Waals surface area contributed by atoms with Crippen molar-refractivity contribution in [3.8, 4) is 0 Å². The van der Waals surface area contributed by atoms with E-state index in [9.17, 15) is 0 Å². The number of hydrogen-bond acceptors (Lipinski definition) is 2. The van der Waals surface area contributed by atoms with Gasteiger partial charge in [0.15, 0.2) is 0 Å². The van der Waals surface area contributed by atoms with Gasteiger partial charge in [0.2, 0.25) is 0 Å². The fourth-order valence-electron chi connectivity index (χ4n) is 1.18. The van der Waals surface area contributed by atoms with E-state index in [1.807, 2.05) is 11.3 Å². The van der Waals surface area contributed by atoms with Crippen molar-refractivity contribution in [2.75, 3.05) is 0 Å². The summed E-state index contributed by atoms with van der Waals surface area (Å²) >= 11 is 1.87. The van der Waals surface area contributed by atoms with Gasteiger partial charge in [-0.25, -0.2) is 0 Å². The summed E-state index contributed by atoms with van der Waals surface area (Å²) in [5.74, 6) is 0. The summed E-state index contributed by atoms with van der Waals surface area (Å²) in [5, 5.41) is 0. The molecule has 1 atom stereocenters. The quantitative estimate of drug-likeness (QED) is 0.762. The molecule has 68 valence electrons. The predicted molar refractivity (Wildman–Crippen MR) is 55.5 cm³/mol. The molecule has 0 amide bonds. The number of thiophene rings is 1. The maximum atomic E-state index is 5.91. The average molecular weight is 183 g/mol. The fraction of sp³-hybridized carbons (Fsp3) is 0.600. The second-order valence-electron chi connectivity index (χ2n) is 3.07. The molecule has 0 aliphatic carbocycles. The van der Waals surface area contributed by atoms with Crippen LogP contribution in [0.1, 0.15) is 42.5 Å². The van der Waals surface area contributed by atoms with Crippen LogP contribution in [0.5, 0.6) is 0 Å². The van der Waals surface area contributed by atoms with Gasteiger partial charge in [-0.3, -0.25) is 0 Å². The lowest BCUT2D eigenvalue weighted by Gasteiger charge is -2.03. The molecule has 1 nitrogen and oxygen atoms in total. The van der Waals surface area contributed by atoms with Crippen LogP contribution >= 0.6 is 11.3 Å². The lowest BCUT2D eigenvalue weighted by atomic mass is 10.2. The summed E-state index contributed by atoms with van der Waals surface area (Å²) in [7, 11) is 0. The molecular weight excluding hydrogens is 166 g/mol. The second kappa shape index (κ2) is 4.63. The Labute approximate surface area is 78.6 Å². The summed E-state index contributed by atoms with van der Waals surface area (Å²) in [6.45, 7) is 4.34. The normalized spacial score (nSPS) is 13.2. The first kappa shape index (κ1) is 9.75. The molecule has 2 heteroatoms. The Kier molecular flexibility index (Phi) is 3.76. The third-order valence-electron chi connectivity index (χ3n) is 1.98. The minimum Gasteiger partial charge on any atom is -0.323 e. The Morgan fingerprint density at radius 1 is 1.42 bits per heavy atom. The van der Waals surface area contributed by atoms with E-state index in [2.05, 4.69) is 26.0 Å². The number of rotatable bonds is 4. The lowest BCUT2D eigenvalue weighted by Crippen LogP contribution is -2.05. The minimum atomic E-state index is 0.251. The predicted octanol–water partition coefficient (Wildman–Crippen LogP) is 3.11. The van der Waals surface area contributed by atoms with Crippen LogP contribution in [-0.2, 0) is 6.42 Å². The number of aryl methyl sites for hydroxylation is 1. The molecule has 0 fully saturated rings. The first-order chi connectivity index (χ1) is 5.77. The van der Waals surface area contributed by atoms with Gasteiger partial charge in [0, 0.05) is 15.8 Å². The Balaban J connectivity index is 2.63. The molecule has 0 saturated carbocycles. The molecule has 1 aromatic heterocycles. The van der Waals surface area contributed by atoms with Crippen molar-refractivity contribution in [1.82, 2.24) is 0 Å². The molecule has 0 saturated heterocycles. The molecule has 1 heterocycles. The van der Waals surface area contributed by atoms with Crippen LogP contribution in [0.25, 0.3) is 0 Å². The topological polar surface area (TPSA) is 26.0 Å². The zero-order chi connectivity index (χ0) is 8.97. The van der Waals surface area contributed by atoms with Gasteiger partial charge >= 0.3 is 0 Å². The second-order valence-corrected chi connectivity index (χ2v) is 4.27. The fourth-order valence-corrected chi connectivity index (χ4v) is 2.37. The molecule has 0 aromatic carbocycles. The van der Waals surface area contributed by atoms with Gasteiger partial charge in [0.05, 0.1) is 0 Å². The highest BCUT2D eigenvalue weighted by Gasteiger charge is 2.05. The van der Waals surface area contributed by atoms with E-state index < -0.39 is 0 Å². The Morgan fingerprint density at radius 2 is 2.17 bits per heavy atom. The molecule has 0 radical (unpaired) electrons. The van der Waals surface area contributed by atoms with E-state index in [0.717, 1.165) is 6.42 Å². The Hall–Kier alpha value is -0.340. The van der Waals surface area contributed by atoms with Gasteiger partial charge in [-0.2, -0.15) is 0 Å². The van der Waals surface area contributed by atoms with Crippen LogP contribution in [-0.4, -0.2) is 0 Å². The van der Waals surface area contributed by atoms with Crippen molar-refractivity contribution in [1.29, 1.82) is 0 Å². The molecule has 0 aliphatic rings. The summed E-state index contributed by atoms with van der Waals surface area (Å²) in [6.07, 6.45) is 3.45. The van der Waals surface area contributed by atoms with E-state index in [4.69, 9.17) is 5.73 Å². The summed E-state index contributed by atoms with van der Waals surface area (Å²) in [5.41, 5.74) is 5.91. The molecule has 2 N–H and O–H groups in total. The van der Waals surface area contributed by atoms with Crippen molar-refractivity contribution in [3.63, 3.8) is 0 Å². The van der Waals surface area contributed by atoms with Crippen molar-refractivity contribution in [2.24, 2.45) is 5.73 Å². The van der Waals surface area contributed by atoms with E-state index in [0.29, 0.717) is 0 Å². The molecule has 0 unspecified atom stereocenters. The summed E-state index contributed by atoms with van der Waals surface area (Å²) in [4.78, 5) is 2.80. The highest BCUT2D eigenvalue weighted by molar-refractivity contribution is 7.12. The van der Waals surface area contributed by atoms with E-state index in [-0.39, 0.29) is 6.04 Å². The molecule has 1 rings (SSSR count). The van der Waals surface area contributed by atoms with Crippen LogP contribution in [0.15, 0.2) is 12.1 Å². The molecule has 1 aromatic rings. The van der Waals surface area contributed by atoms with Gasteiger partial charge in [-0.1, -0.05) is 20.3 Å². The maximum absolute atomic E-state index is 5.91. The van der Waals surface area contributed by atoms with Gasteiger partial charge in [-0.15, -0.1) is 11.3 Å². The lowest BCUT2D eigenvalue weighted by molar-refractivity contribution is 0.712. The zero-order valence-corrected chi connectivity index (χ0v) is 8.66. The van der Waals surface area contributed by atoms with Crippen molar-refractivity contribution < 1.29 is 0 Å². The van der Waals surface area contributed by atoms with Crippen molar-refractivity contribution in [2.45, 2.75) is 39.2 Å². The first-order valence-electron chi connectivity index (χ1n) is 4.62. The largest absolute Gasteiger partial charge is 0.323 e. The maximum Gasteiger partial charge on any atom is 0.0387 e. The van der Waals surface area contributed by atoms with Crippen LogP contribution in [0.3, 0.4) is 0 Å². The van der Waals surface area contributed by atoms with Crippen LogP contribution < -0.4 is 5.73 Å². The van der Waals surface area contributed by atoms with E-state index >= 15 is 0 Å². The highest BCUT2D eigenvalue weighted by Crippen LogP contribution is 2.24. The molecule has 0 aliphatic heterocycles. The smallest absolute Gasteiger partial charge is 0.0387 e. The third-order valence-corrected chi connectivity index (χ3v) is 3.26. The highest BCUT2D eigenvalue weighted by atomic mass is 32.1. The van der Waals surface area contributed by atoms with Crippen LogP contribution in [0.2, 0.25) is 0 Å². The average Bonchev–Trinajstić information content (AvgIpc) is 2.52. The monoisotopic (exact) mass is 183 g/mol. The van der Waals surface area contributed by atoms with Crippen molar-refractivity contribution in [3.05, 3.63) is 21.9 Å². The SMILES string of the molecule is CCCc1ccc([C@H](N)CC)s1. The Morgan fingerprint density at radius 3 is 2.75 bits per heavy atom. The Bertz CT molecular complexity index is 229. The number of nitrogens with two attached hydrogens (primary N) is 1.